The van der Waals surface area contributed by atoms with Crippen molar-refractivity contribution in [2.45, 2.75) is 31.3 Å². The number of morpholine rings is 1. The highest BCUT2D eigenvalue weighted by molar-refractivity contribution is 7.16. The van der Waals surface area contributed by atoms with Gasteiger partial charge in [0.05, 0.1) is 19.8 Å². The number of hydrogen-bond donors (Lipinski definition) is 5. The summed E-state index contributed by atoms with van der Waals surface area (Å²) in [5.41, 5.74) is 2.64. The molecular formula is C31H36N4O6S. The van der Waals surface area contributed by atoms with Crippen LogP contribution in [0.5, 0.6) is 0 Å². The van der Waals surface area contributed by atoms with Gasteiger partial charge < -0.3 is 35.4 Å². The van der Waals surface area contributed by atoms with Crippen molar-refractivity contribution in [2.24, 2.45) is 0 Å². The first-order valence-electron chi connectivity index (χ1n) is 14.1. The van der Waals surface area contributed by atoms with Gasteiger partial charge in [-0.1, -0.05) is 18.2 Å². The number of ether oxygens (including phenoxy) is 2. The van der Waals surface area contributed by atoms with Crippen molar-refractivity contribution in [1.82, 2.24) is 10.2 Å². The predicted molar refractivity (Wildman–Crippen MR) is 162 cm³/mol. The van der Waals surface area contributed by atoms with E-state index in [2.05, 4.69) is 51.9 Å². The highest BCUT2D eigenvalue weighted by Gasteiger charge is 2.37. The van der Waals surface area contributed by atoms with Gasteiger partial charge in [-0.2, -0.15) is 5.26 Å². The second kappa shape index (κ2) is 13.8. The third kappa shape index (κ3) is 6.99. The number of carbonyl (C=O) groups is 1. The van der Waals surface area contributed by atoms with Gasteiger partial charge in [0.1, 0.15) is 36.1 Å². The van der Waals surface area contributed by atoms with Crippen LogP contribution in [-0.2, 0) is 14.3 Å². The zero-order valence-electron chi connectivity index (χ0n) is 23.5. The Kier molecular flexibility index (Phi) is 9.87. The van der Waals surface area contributed by atoms with Crippen LogP contribution in [-0.4, -0.2) is 103 Å². The van der Waals surface area contributed by atoms with Crippen LogP contribution in [0, 0.1) is 11.3 Å². The number of thiophene rings is 1. The second-order valence-corrected chi connectivity index (χ2v) is 11.6. The van der Waals surface area contributed by atoms with Gasteiger partial charge in [-0.05, 0) is 59.2 Å². The number of carbonyl (C=O) groups excluding carboxylic acids is 1. The maximum absolute atomic E-state index is 12.8. The number of fused-ring (bicyclic) bond motifs is 1. The summed E-state index contributed by atoms with van der Waals surface area (Å²) in [7, 11) is 0. The molecule has 0 radical (unpaired) electrons. The van der Waals surface area contributed by atoms with Gasteiger partial charge in [0, 0.05) is 48.2 Å². The molecule has 11 heteroatoms. The second-order valence-electron chi connectivity index (χ2n) is 10.6. The topological polar surface area (TPSA) is 147 Å². The van der Waals surface area contributed by atoms with Crippen LogP contribution >= 0.6 is 11.3 Å². The minimum atomic E-state index is -1.36. The van der Waals surface area contributed by atoms with Crippen molar-refractivity contribution in [3.8, 4) is 16.5 Å². The summed E-state index contributed by atoms with van der Waals surface area (Å²) >= 11 is 1.50. The molecule has 0 saturated carbocycles. The van der Waals surface area contributed by atoms with Crippen molar-refractivity contribution in [3.63, 3.8) is 0 Å². The number of allylic oxidation sites excluding steroid dienone is 1. The van der Waals surface area contributed by atoms with E-state index in [4.69, 9.17) is 9.47 Å². The van der Waals surface area contributed by atoms with E-state index in [1.165, 1.54) is 11.3 Å². The van der Waals surface area contributed by atoms with Crippen LogP contribution in [0.4, 0.5) is 5.69 Å². The van der Waals surface area contributed by atoms with Crippen LogP contribution in [0.2, 0.25) is 0 Å². The fourth-order valence-electron chi connectivity index (χ4n) is 5.14. The minimum Gasteiger partial charge on any atom is -0.388 e. The zero-order chi connectivity index (χ0) is 29.6. The molecule has 222 valence electrons. The van der Waals surface area contributed by atoms with E-state index in [-0.39, 0.29) is 18.7 Å². The lowest BCUT2D eigenvalue weighted by Crippen LogP contribution is -2.56. The van der Waals surface area contributed by atoms with Crippen LogP contribution in [0.3, 0.4) is 0 Å². The first-order valence-corrected chi connectivity index (χ1v) is 14.9. The van der Waals surface area contributed by atoms with Crippen LogP contribution in [0.15, 0.2) is 54.1 Å². The third-order valence-electron chi connectivity index (χ3n) is 7.74. The van der Waals surface area contributed by atoms with Gasteiger partial charge in [-0.3, -0.25) is 9.69 Å². The number of benzene rings is 2. The van der Waals surface area contributed by atoms with Crippen LogP contribution in [0.1, 0.15) is 11.8 Å². The van der Waals surface area contributed by atoms with Crippen molar-refractivity contribution < 1.29 is 29.6 Å². The van der Waals surface area contributed by atoms with Crippen molar-refractivity contribution in [2.75, 3.05) is 57.9 Å². The fourth-order valence-corrected chi connectivity index (χ4v) is 6.15. The third-order valence-corrected chi connectivity index (χ3v) is 9.00. The number of aliphatic hydroxyl groups excluding tert-OH is 3. The summed E-state index contributed by atoms with van der Waals surface area (Å²) in [4.78, 5) is 17.0. The summed E-state index contributed by atoms with van der Waals surface area (Å²) < 4.78 is 10.7. The molecule has 2 aromatic carbocycles. The number of anilines is 1. The van der Waals surface area contributed by atoms with Crippen molar-refractivity contribution in [3.05, 3.63) is 59.0 Å². The summed E-state index contributed by atoms with van der Waals surface area (Å²) in [6.07, 6.45) is -4.80. The molecule has 2 aliphatic rings. The SMILES string of the molecule is C/C(=C(/C#N)C(=O)NC[C@H]1OC[C@H](O)[C@@H](O)[C@@H]1O)c1ccc(-c2ccc3cc(NCCN4CCOCC4)ccc3c2)s1. The molecule has 1 amide bonds. The lowest BCUT2D eigenvalue weighted by atomic mass is 10.00. The first kappa shape index (κ1) is 30.1. The summed E-state index contributed by atoms with van der Waals surface area (Å²) in [6.45, 7) is 6.88. The van der Waals surface area contributed by atoms with E-state index in [0.717, 1.165) is 71.2 Å². The Morgan fingerprint density at radius 3 is 2.62 bits per heavy atom. The Balaban J connectivity index is 1.22. The molecule has 0 unspecified atom stereocenters. The van der Waals surface area contributed by atoms with Crippen molar-refractivity contribution in [1.29, 1.82) is 5.26 Å². The number of nitrogens with one attached hydrogen (secondary N) is 2. The Morgan fingerprint density at radius 1 is 1.07 bits per heavy atom. The first-order chi connectivity index (χ1) is 20.3. The van der Waals surface area contributed by atoms with E-state index in [0.29, 0.717) is 5.57 Å². The predicted octanol–water partition coefficient (Wildman–Crippen LogP) is 2.21. The summed E-state index contributed by atoms with van der Waals surface area (Å²) in [5, 5.41) is 47.7. The molecular weight excluding hydrogens is 556 g/mol. The minimum absolute atomic E-state index is 0.0403. The quantitative estimate of drug-likeness (QED) is 0.186. The van der Waals surface area contributed by atoms with E-state index in [9.17, 15) is 25.4 Å². The number of hydrogen-bond acceptors (Lipinski definition) is 10. The number of nitriles is 1. The van der Waals surface area contributed by atoms with E-state index < -0.39 is 30.3 Å². The number of amides is 1. The van der Waals surface area contributed by atoms with Crippen LogP contribution < -0.4 is 10.6 Å². The van der Waals surface area contributed by atoms with Gasteiger partial charge >= 0.3 is 0 Å². The molecule has 0 aliphatic carbocycles. The maximum atomic E-state index is 12.8. The van der Waals surface area contributed by atoms with E-state index in [1.54, 1.807) is 6.92 Å². The molecule has 2 saturated heterocycles. The molecule has 2 fully saturated rings. The molecule has 5 N–H and O–H groups in total. The molecule has 0 spiro atoms. The Hall–Kier alpha value is -3.34. The van der Waals surface area contributed by atoms with Gasteiger partial charge in [-0.15, -0.1) is 11.3 Å². The van der Waals surface area contributed by atoms with Crippen LogP contribution in [0.25, 0.3) is 26.8 Å². The normalized spacial score (nSPS) is 23.7. The standard InChI is InChI=1S/C31H36N4O6S/c1-19(24(16-32)31(39)34-17-26-30(38)29(37)25(36)18-41-26)27-6-7-28(42-27)22-3-2-21-15-23(5-4-20(21)14-22)33-8-9-35-10-12-40-13-11-35/h2-7,14-15,25-26,29-30,33,36-38H,8-13,17-18H2,1H3,(H,34,39)/b24-19+/t25-,26+,29+,30+/m0/s1. The molecule has 1 aromatic heterocycles. The molecule has 10 nitrogen and oxygen atoms in total. The number of rotatable bonds is 9. The lowest BCUT2D eigenvalue weighted by molar-refractivity contribution is -0.185. The van der Waals surface area contributed by atoms with Gasteiger partial charge in [0.15, 0.2) is 0 Å². The molecule has 2 aliphatic heterocycles. The Bertz CT molecular complexity index is 1480. The average Bonchev–Trinajstić information content (AvgIpc) is 3.51. The Labute approximate surface area is 248 Å². The lowest BCUT2D eigenvalue weighted by Gasteiger charge is -2.35. The number of nitrogens with zero attached hydrogens (tertiary/aromatic N) is 2. The number of aliphatic hydroxyl groups is 3. The molecule has 3 aromatic rings. The molecule has 4 atom stereocenters. The molecule has 42 heavy (non-hydrogen) atoms. The zero-order valence-corrected chi connectivity index (χ0v) is 24.3. The molecule has 3 heterocycles. The maximum Gasteiger partial charge on any atom is 0.262 e. The molecule has 0 bridgehead atoms. The average molecular weight is 593 g/mol. The van der Waals surface area contributed by atoms with Gasteiger partial charge in [0.2, 0.25) is 0 Å². The Morgan fingerprint density at radius 2 is 1.83 bits per heavy atom. The monoisotopic (exact) mass is 592 g/mol. The van der Waals surface area contributed by atoms with Gasteiger partial charge in [-0.25, -0.2) is 0 Å². The molecule has 5 rings (SSSR count). The van der Waals surface area contributed by atoms with E-state index >= 15 is 0 Å². The van der Waals surface area contributed by atoms with Gasteiger partial charge in [0.25, 0.3) is 5.91 Å². The highest BCUT2D eigenvalue weighted by atomic mass is 32.1. The van der Waals surface area contributed by atoms with E-state index in [1.807, 2.05) is 18.2 Å². The fraction of sp³-hybridized carbons (Fsp3) is 0.419. The van der Waals surface area contributed by atoms with Crippen molar-refractivity contribution >= 4 is 39.3 Å². The smallest absolute Gasteiger partial charge is 0.262 e. The summed E-state index contributed by atoms with van der Waals surface area (Å²) in [6, 6.07) is 18.6. The highest BCUT2D eigenvalue weighted by Crippen LogP contribution is 2.35. The summed E-state index contributed by atoms with van der Waals surface area (Å²) in [5.74, 6) is -0.596. The largest absolute Gasteiger partial charge is 0.388 e.